The van der Waals surface area contributed by atoms with Crippen molar-refractivity contribution in [1.82, 2.24) is 4.90 Å². The molecule has 0 bridgehead atoms. The highest BCUT2D eigenvalue weighted by Gasteiger charge is 2.32. The maximum Gasteiger partial charge on any atom is 0.425 e. The van der Waals surface area contributed by atoms with E-state index in [2.05, 4.69) is 4.90 Å². The lowest BCUT2D eigenvalue weighted by Gasteiger charge is -2.13. The standard InChI is InChI=1S/C10H13F3N2S.ClH/c11-10(12,13)9-2-1-8(16-9)6-15-4-3-7(14)5-15;/h1-2,7H,3-6,14H2;1H/t7-;/m0./s1. The van der Waals surface area contributed by atoms with Gasteiger partial charge in [-0.1, -0.05) is 0 Å². The van der Waals surface area contributed by atoms with Gasteiger partial charge in [0.15, 0.2) is 0 Å². The molecule has 0 saturated carbocycles. The minimum atomic E-state index is -4.22. The zero-order valence-electron chi connectivity index (χ0n) is 9.04. The monoisotopic (exact) mass is 286 g/mol. The number of hydrogen-bond donors (Lipinski definition) is 1. The summed E-state index contributed by atoms with van der Waals surface area (Å²) < 4.78 is 37.1. The Morgan fingerprint density at radius 2 is 2.12 bits per heavy atom. The fourth-order valence-corrected chi connectivity index (χ4v) is 2.76. The molecular weight excluding hydrogens is 273 g/mol. The number of rotatable bonds is 2. The molecule has 98 valence electrons. The molecule has 17 heavy (non-hydrogen) atoms. The molecule has 2 nitrogen and oxygen atoms in total. The van der Waals surface area contributed by atoms with Gasteiger partial charge in [0.1, 0.15) is 4.88 Å². The van der Waals surface area contributed by atoms with Gasteiger partial charge in [0, 0.05) is 30.6 Å². The van der Waals surface area contributed by atoms with Gasteiger partial charge in [-0.3, -0.25) is 4.90 Å². The Balaban J connectivity index is 0.00000144. The van der Waals surface area contributed by atoms with Crippen molar-refractivity contribution in [2.24, 2.45) is 5.73 Å². The van der Waals surface area contributed by atoms with Gasteiger partial charge < -0.3 is 5.73 Å². The molecule has 0 unspecified atom stereocenters. The summed E-state index contributed by atoms with van der Waals surface area (Å²) in [6.45, 7) is 2.23. The van der Waals surface area contributed by atoms with Crippen molar-refractivity contribution in [2.45, 2.75) is 25.2 Å². The van der Waals surface area contributed by atoms with Crippen LogP contribution in [0, 0.1) is 0 Å². The lowest BCUT2D eigenvalue weighted by molar-refractivity contribution is -0.134. The lowest BCUT2D eigenvalue weighted by atomic mass is 10.3. The quantitative estimate of drug-likeness (QED) is 0.906. The molecule has 1 atom stereocenters. The van der Waals surface area contributed by atoms with Crippen LogP contribution < -0.4 is 5.73 Å². The van der Waals surface area contributed by atoms with Crippen LogP contribution in [-0.2, 0) is 12.7 Å². The van der Waals surface area contributed by atoms with E-state index in [9.17, 15) is 13.2 Å². The van der Waals surface area contributed by atoms with Crippen molar-refractivity contribution in [3.8, 4) is 0 Å². The molecule has 1 aliphatic rings. The van der Waals surface area contributed by atoms with E-state index in [-0.39, 0.29) is 18.4 Å². The third-order valence-electron chi connectivity index (χ3n) is 2.63. The van der Waals surface area contributed by atoms with Crippen LogP contribution in [0.1, 0.15) is 16.2 Å². The summed E-state index contributed by atoms with van der Waals surface area (Å²) in [6.07, 6.45) is -3.29. The molecule has 1 aromatic rings. The maximum atomic E-state index is 12.4. The van der Waals surface area contributed by atoms with Crippen molar-refractivity contribution in [3.63, 3.8) is 0 Å². The molecular formula is C10H14ClF3N2S. The lowest BCUT2D eigenvalue weighted by Crippen LogP contribution is -2.25. The van der Waals surface area contributed by atoms with Crippen molar-refractivity contribution in [2.75, 3.05) is 13.1 Å². The smallest absolute Gasteiger partial charge is 0.326 e. The Hall–Kier alpha value is -0.300. The molecule has 0 radical (unpaired) electrons. The topological polar surface area (TPSA) is 29.3 Å². The van der Waals surface area contributed by atoms with Gasteiger partial charge in [0.2, 0.25) is 0 Å². The highest BCUT2D eigenvalue weighted by atomic mass is 35.5. The second-order valence-corrected chi connectivity index (χ2v) is 5.22. The van der Waals surface area contributed by atoms with Gasteiger partial charge in [-0.25, -0.2) is 0 Å². The van der Waals surface area contributed by atoms with Crippen LogP contribution in [-0.4, -0.2) is 24.0 Å². The minimum Gasteiger partial charge on any atom is -0.326 e. The summed E-state index contributed by atoms with van der Waals surface area (Å²) >= 11 is 0.820. The fourth-order valence-electron chi connectivity index (χ4n) is 1.84. The number of hydrogen-bond acceptors (Lipinski definition) is 3. The van der Waals surface area contributed by atoms with Crippen molar-refractivity contribution >= 4 is 23.7 Å². The summed E-state index contributed by atoms with van der Waals surface area (Å²) in [5.74, 6) is 0. The largest absolute Gasteiger partial charge is 0.425 e. The van der Waals surface area contributed by atoms with E-state index < -0.39 is 11.1 Å². The maximum absolute atomic E-state index is 12.4. The fraction of sp³-hybridized carbons (Fsp3) is 0.600. The predicted molar refractivity (Wildman–Crippen MR) is 64.4 cm³/mol. The van der Waals surface area contributed by atoms with Crippen LogP contribution >= 0.6 is 23.7 Å². The van der Waals surface area contributed by atoms with Crippen LogP contribution in [0.5, 0.6) is 0 Å². The van der Waals surface area contributed by atoms with E-state index in [0.717, 1.165) is 41.8 Å². The SMILES string of the molecule is Cl.N[C@H]1CCN(Cc2ccc(C(F)(F)F)s2)C1. The van der Waals surface area contributed by atoms with Crippen molar-refractivity contribution < 1.29 is 13.2 Å². The average Bonchev–Trinajstić information content (AvgIpc) is 2.74. The van der Waals surface area contributed by atoms with Gasteiger partial charge in [-0.05, 0) is 18.6 Å². The first-order valence-electron chi connectivity index (χ1n) is 5.09. The molecule has 0 aromatic carbocycles. The number of nitrogens with zero attached hydrogens (tertiary/aromatic N) is 1. The summed E-state index contributed by atoms with van der Waals surface area (Å²) in [7, 11) is 0. The van der Waals surface area contributed by atoms with Crippen LogP contribution in [0.3, 0.4) is 0 Å². The normalized spacial score (nSPS) is 21.5. The van der Waals surface area contributed by atoms with Crippen LogP contribution in [0.4, 0.5) is 13.2 Å². The van der Waals surface area contributed by atoms with Gasteiger partial charge in [-0.2, -0.15) is 13.2 Å². The summed E-state index contributed by atoms with van der Waals surface area (Å²) in [4.78, 5) is 2.32. The predicted octanol–water partition coefficient (Wildman–Crippen LogP) is 2.72. The zero-order valence-corrected chi connectivity index (χ0v) is 10.7. The summed E-state index contributed by atoms with van der Waals surface area (Å²) in [6, 6.07) is 2.87. The van der Waals surface area contributed by atoms with Crippen molar-refractivity contribution in [1.29, 1.82) is 0 Å². The molecule has 0 spiro atoms. The van der Waals surface area contributed by atoms with E-state index in [0.29, 0.717) is 6.54 Å². The van der Waals surface area contributed by atoms with E-state index in [1.54, 1.807) is 6.07 Å². The second kappa shape index (κ2) is 5.56. The van der Waals surface area contributed by atoms with Gasteiger partial charge in [0.25, 0.3) is 0 Å². The highest BCUT2D eigenvalue weighted by Crippen LogP contribution is 2.35. The molecule has 0 aliphatic carbocycles. The Morgan fingerprint density at radius 1 is 1.41 bits per heavy atom. The zero-order chi connectivity index (χ0) is 11.8. The molecule has 0 amide bonds. The molecule has 1 aromatic heterocycles. The number of nitrogens with two attached hydrogens (primary N) is 1. The van der Waals surface area contributed by atoms with E-state index in [4.69, 9.17) is 5.73 Å². The Morgan fingerprint density at radius 3 is 2.59 bits per heavy atom. The molecule has 7 heteroatoms. The number of alkyl halides is 3. The average molecular weight is 287 g/mol. The number of halogens is 4. The van der Waals surface area contributed by atoms with Crippen molar-refractivity contribution in [3.05, 3.63) is 21.9 Å². The van der Waals surface area contributed by atoms with Crippen LogP contribution in [0.2, 0.25) is 0 Å². The number of thiophene rings is 1. The van der Waals surface area contributed by atoms with Gasteiger partial charge in [0.05, 0.1) is 0 Å². The third kappa shape index (κ3) is 3.84. The first-order valence-corrected chi connectivity index (χ1v) is 5.90. The molecule has 1 aliphatic heterocycles. The van der Waals surface area contributed by atoms with Gasteiger partial charge >= 0.3 is 6.18 Å². The minimum absolute atomic E-state index is 0. The first-order chi connectivity index (χ1) is 7.45. The first kappa shape index (κ1) is 14.8. The molecule has 2 heterocycles. The summed E-state index contributed by atoms with van der Waals surface area (Å²) in [5, 5.41) is 0. The molecule has 1 fully saturated rings. The molecule has 2 rings (SSSR count). The summed E-state index contributed by atoms with van der Waals surface area (Å²) in [5.41, 5.74) is 5.73. The third-order valence-corrected chi connectivity index (χ3v) is 3.74. The van der Waals surface area contributed by atoms with E-state index >= 15 is 0 Å². The van der Waals surface area contributed by atoms with Crippen LogP contribution in [0.15, 0.2) is 12.1 Å². The molecule has 2 N–H and O–H groups in total. The second-order valence-electron chi connectivity index (χ2n) is 4.05. The van der Waals surface area contributed by atoms with E-state index in [1.807, 2.05) is 0 Å². The van der Waals surface area contributed by atoms with Gasteiger partial charge in [-0.15, -0.1) is 23.7 Å². The highest BCUT2D eigenvalue weighted by molar-refractivity contribution is 7.12. The Kier molecular flexibility index (Phi) is 4.83. The van der Waals surface area contributed by atoms with E-state index in [1.165, 1.54) is 0 Å². The Labute approximate surface area is 108 Å². The Bertz CT molecular complexity index is 367. The number of likely N-dealkylation sites (tertiary alicyclic amines) is 1. The van der Waals surface area contributed by atoms with Crippen LogP contribution in [0.25, 0.3) is 0 Å². The molecule has 1 saturated heterocycles.